The van der Waals surface area contributed by atoms with Gasteiger partial charge in [-0.05, 0) is 126 Å². The van der Waals surface area contributed by atoms with Gasteiger partial charge in [-0.3, -0.25) is 0 Å². The molecule has 0 atom stereocenters. The summed E-state index contributed by atoms with van der Waals surface area (Å²) < 4.78 is 87.4. The summed E-state index contributed by atoms with van der Waals surface area (Å²) in [5.74, 6) is 0.929. The van der Waals surface area contributed by atoms with Crippen LogP contribution in [0.3, 0.4) is 0 Å². The third kappa shape index (κ3) is 9.88. The van der Waals surface area contributed by atoms with Crippen molar-refractivity contribution < 1.29 is 38.1 Å². The number of rotatable bonds is 8. The molecule has 1 aliphatic carbocycles. The minimum atomic E-state index is -0.673. The van der Waals surface area contributed by atoms with Gasteiger partial charge < -0.3 is 19.1 Å². The summed E-state index contributed by atoms with van der Waals surface area (Å²) in [6.45, 7) is 31.1. The Morgan fingerprint density at radius 1 is 0.550 bits per heavy atom. The number of pyridine rings is 1. The Labute approximate surface area is 502 Å². The first kappa shape index (κ1) is 44.5. The van der Waals surface area contributed by atoms with Crippen molar-refractivity contribution in [2.24, 2.45) is 0 Å². The molecule has 0 bridgehead atoms. The van der Waals surface area contributed by atoms with Crippen LogP contribution >= 0.6 is 0 Å². The van der Waals surface area contributed by atoms with E-state index in [2.05, 4.69) is 177 Å². The van der Waals surface area contributed by atoms with Crippen LogP contribution in [0.15, 0.2) is 176 Å². The summed E-state index contributed by atoms with van der Waals surface area (Å²) in [6.07, 6.45) is 3.70. The van der Waals surface area contributed by atoms with E-state index in [1.807, 2.05) is 39.0 Å². The van der Waals surface area contributed by atoms with Crippen LogP contribution in [0.25, 0.3) is 61.0 Å². The molecule has 5 nitrogen and oxygen atoms in total. The number of fused-ring (bicyclic) bond motifs is 5. The van der Waals surface area contributed by atoms with E-state index in [0.717, 1.165) is 52.2 Å². The predicted molar refractivity (Wildman–Crippen MR) is 332 cm³/mol. The molecule has 6 heteroatoms. The minimum Gasteiger partial charge on any atom is -0.509 e. The van der Waals surface area contributed by atoms with Gasteiger partial charge >= 0.3 is 0 Å². The van der Waals surface area contributed by atoms with Crippen LogP contribution in [-0.2, 0) is 48.1 Å². The number of para-hydroxylation sites is 3. The van der Waals surface area contributed by atoms with Gasteiger partial charge in [0.25, 0.3) is 0 Å². The van der Waals surface area contributed by atoms with Gasteiger partial charge in [-0.1, -0.05) is 198 Å². The molecule has 0 spiro atoms. The van der Waals surface area contributed by atoms with Crippen LogP contribution in [0.4, 0.5) is 22.7 Å². The number of aromatic nitrogens is 2. The van der Waals surface area contributed by atoms with Crippen LogP contribution in [0.5, 0.6) is 11.5 Å². The largest absolute Gasteiger partial charge is 0.509 e. The molecular weight excluding hydrogens is 1160 g/mol. The maximum Gasteiger partial charge on any atom is 0.135 e. The Balaban J connectivity index is 0.00000817. The van der Waals surface area contributed by atoms with Crippen molar-refractivity contribution in [3.63, 3.8) is 0 Å². The molecule has 0 radical (unpaired) electrons. The van der Waals surface area contributed by atoms with E-state index in [-0.39, 0.29) is 94.9 Å². The SMILES string of the molecule is [2H]c1c([2H])c([2H])c(-c2cnc(-n3c4[c-]c(Oc5[c-]c(N6[CH-]N(c7c(-c8ccc(C(C)(C)C)cc8)cc(C(C)(C)C)cc7-c7ccc8c(c7)C(C)(C)CCC8(C)C)c7ccccc76)ccc5)ccc4c4c([2H])c([2H])c([2H])c([2H])c43)cc2C(C)(C)C)c([2H])c1[2H].[Pt]. The maximum absolute atomic E-state index is 9.31. The van der Waals surface area contributed by atoms with Crippen molar-refractivity contribution in [1.29, 1.82) is 0 Å². The van der Waals surface area contributed by atoms with Crippen molar-refractivity contribution in [2.45, 2.75) is 130 Å². The molecule has 12 rings (SSSR count). The van der Waals surface area contributed by atoms with Gasteiger partial charge in [0.2, 0.25) is 0 Å². The molecule has 0 saturated heterocycles. The molecule has 0 saturated carbocycles. The Hall–Kier alpha value is -7.20. The maximum atomic E-state index is 9.31. The van der Waals surface area contributed by atoms with E-state index in [9.17, 15) is 2.74 Å². The van der Waals surface area contributed by atoms with Crippen LogP contribution < -0.4 is 14.5 Å². The third-order valence-electron chi connectivity index (χ3n) is 16.3. The average Bonchev–Trinajstić information content (AvgIpc) is 1.68. The Morgan fingerprint density at radius 3 is 1.86 bits per heavy atom. The number of ether oxygens (including phenoxy) is 1. The van der Waals surface area contributed by atoms with E-state index >= 15 is 0 Å². The normalized spacial score (nSPS) is 16.5. The zero-order valence-corrected chi connectivity index (χ0v) is 50.3. The van der Waals surface area contributed by atoms with Gasteiger partial charge in [-0.15, -0.1) is 48.1 Å². The molecule has 0 amide bonds. The van der Waals surface area contributed by atoms with E-state index < -0.39 is 35.6 Å². The summed E-state index contributed by atoms with van der Waals surface area (Å²) in [5.41, 5.74) is 14.1. The molecule has 8 aromatic carbocycles. The summed E-state index contributed by atoms with van der Waals surface area (Å²) in [4.78, 5) is 9.35. The van der Waals surface area contributed by atoms with Crippen LogP contribution in [0, 0.1) is 18.8 Å². The standard InChI is InChI=1S/C74H73N4O.Pt/c1-70(2,3)51-33-30-49(31-34-51)58-41-52(71(4,5)6)42-59(50-32-37-61-63(40-50)74(12,13)39-38-73(61,10)11)69(58)77-47-76(65-28-19-20-29-66(65)77)53-24-21-25-54(43-53)79-55-35-36-57-56-26-17-18-27-64(56)78(67(57)44-55)68-45-62(72(7,8)9)60(46-75-68)48-22-15-14-16-23-48;/h14-37,40-42,45-47H,38-39H2,1-13H3;/q-3;/i14D,15D,16D,17D,18D,22D,23D,26D,27D;. The second kappa shape index (κ2) is 20.1. The molecular formula is C74H73N4OPt-3. The quantitative estimate of drug-likeness (QED) is 0.142. The van der Waals surface area contributed by atoms with Crippen LogP contribution in [-0.4, -0.2) is 9.55 Å². The zero-order chi connectivity index (χ0) is 63.2. The average molecular weight is 1240 g/mol. The summed E-state index contributed by atoms with van der Waals surface area (Å²) in [6, 6.07) is 44.0. The van der Waals surface area contributed by atoms with Crippen molar-refractivity contribution in [3.8, 4) is 50.7 Å². The fourth-order valence-electron chi connectivity index (χ4n) is 11.6. The van der Waals surface area contributed by atoms with Crippen LogP contribution in [0.1, 0.15) is 143 Å². The molecule has 0 unspecified atom stereocenters. The molecule has 80 heavy (non-hydrogen) atoms. The topological polar surface area (TPSA) is 33.5 Å². The molecule has 2 aliphatic rings. The molecule has 408 valence electrons. The van der Waals surface area contributed by atoms with Gasteiger partial charge in [-0.2, -0.15) is 12.1 Å². The monoisotopic (exact) mass is 1240 g/mol. The van der Waals surface area contributed by atoms with Gasteiger partial charge in [0, 0.05) is 78.0 Å². The predicted octanol–water partition coefficient (Wildman–Crippen LogP) is 20.2. The number of benzene rings is 8. The fourth-order valence-corrected chi connectivity index (χ4v) is 11.6. The van der Waals surface area contributed by atoms with E-state index in [1.54, 1.807) is 22.8 Å². The molecule has 0 N–H and O–H groups in total. The summed E-state index contributed by atoms with van der Waals surface area (Å²) >= 11 is 0. The second-order valence-corrected chi connectivity index (χ2v) is 25.9. The zero-order valence-electron chi connectivity index (χ0n) is 57.1. The van der Waals surface area contributed by atoms with E-state index in [4.69, 9.17) is 19.3 Å². The first-order chi connectivity index (χ1) is 41.3. The molecule has 1 aliphatic heterocycles. The van der Waals surface area contributed by atoms with Gasteiger partial charge in [0.05, 0.1) is 12.3 Å². The van der Waals surface area contributed by atoms with Gasteiger partial charge in [0.15, 0.2) is 0 Å². The molecule has 10 aromatic rings. The molecule has 2 aromatic heterocycles. The van der Waals surface area contributed by atoms with E-state index in [0.29, 0.717) is 33.5 Å². The van der Waals surface area contributed by atoms with Gasteiger partial charge in [-0.25, -0.2) is 4.98 Å². The number of anilines is 4. The van der Waals surface area contributed by atoms with Crippen LogP contribution in [0.2, 0.25) is 0 Å². The van der Waals surface area contributed by atoms with Crippen molar-refractivity contribution in [1.82, 2.24) is 9.55 Å². The Kier molecular flexibility index (Phi) is 11.2. The third-order valence-corrected chi connectivity index (χ3v) is 16.3. The number of nitrogens with zero attached hydrogens (tertiary/aromatic N) is 4. The number of hydrogen-bond donors (Lipinski definition) is 0. The fraction of sp³-hybridized carbons (Fsp3) is 0.270. The van der Waals surface area contributed by atoms with Crippen molar-refractivity contribution in [2.75, 3.05) is 9.80 Å². The first-order valence-corrected chi connectivity index (χ1v) is 27.5. The van der Waals surface area contributed by atoms with Gasteiger partial charge in [0.1, 0.15) is 5.82 Å². The Morgan fingerprint density at radius 2 is 1.18 bits per heavy atom. The number of hydrogen-bond acceptors (Lipinski definition) is 4. The summed E-state index contributed by atoms with van der Waals surface area (Å²) in [5, 5.41) is 0.742. The molecule has 0 fully saturated rings. The molecule has 3 heterocycles. The first-order valence-electron chi connectivity index (χ1n) is 32.0. The van der Waals surface area contributed by atoms with E-state index in [1.165, 1.54) is 28.5 Å². The Bertz CT molecular complexity index is 4500. The smallest absolute Gasteiger partial charge is 0.135 e. The van der Waals surface area contributed by atoms with Crippen molar-refractivity contribution in [3.05, 3.63) is 222 Å². The second-order valence-electron chi connectivity index (χ2n) is 25.9. The summed E-state index contributed by atoms with van der Waals surface area (Å²) in [7, 11) is 0. The minimum absolute atomic E-state index is 0. The van der Waals surface area contributed by atoms with Crippen molar-refractivity contribution >= 4 is 44.6 Å².